The highest BCUT2D eigenvalue weighted by molar-refractivity contribution is 7.98. The number of aromatic amines is 1. The number of aromatic nitrogens is 1. The first-order valence-electron chi connectivity index (χ1n) is 10.7. The SMILES string of the molecule is CC(=O)N(CCNCC(O)COc1cc(C)cc2[nH]ccc12)SC1CCCC1O[N+](=O)[O-]. The number of aliphatic hydroxyl groups is 1. The Kier molecular flexibility index (Phi) is 8.60. The largest absolute Gasteiger partial charge is 0.490 e. The smallest absolute Gasteiger partial charge is 0.294 e. The van der Waals surface area contributed by atoms with Gasteiger partial charge in [0.1, 0.15) is 24.6 Å². The number of fused-ring (bicyclic) bond motifs is 1. The number of carbonyl (C=O) groups excluding carboxylic acids is 1. The van der Waals surface area contributed by atoms with Gasteiger partial charge < -0.3 is 25.0 Å². The van der Waals surface area contributed by atoms with Crippen molar-refractivity contribution in [3.8, 4) is 5.75 Å². The molecule has 1 fully saturated rings. The molecule has 1 saturated carbocycles. The first-order chi connectivity index (χ1) is 15.3. The summed E-state index contributed by atoms with van der Waals surface area (Å²) in [4.78, 5) is 30.6. The highest BCUT2D eigenvalue weighted by atomic mass is 32.2. The van der Waals surface area contributed by atoms with Crippen molar-refractivity contribution in [2.45, 2.75) is 50.6 Å². The second-order valence-electron chi connectivity index (χ2n) is 7.93. The van der Waals surface area contributed by atoms with Crippen LogP contribution in [0, 0.1) is 17.0 Å². The molecule has 11 heteroatoms. The standard InChI is InChI=1S/C21H30N4O6S/c1-14-10-18-17(6-7-23-18)20(11-14)30-13-16(27)12-22-8-9-24(15(2)26)32-21-5-3-4-19(21)31-25(28)29/h6-7,10-11,16,19,21-23,27H,3-5,8-9,12-13H2,1-2H3. The van der Waals surface area contributed by atoms with Gasteiger partial charge in [0.25, 0.3) is 5.09 Å². The van der Waals surface area contributed by atoms with Gasteiger partial charge in [-0.15, -0.1) is 10.1 Å². The van der Waals surface area contributed by atoms with E-state index in [-0.39, 0.29) is 17.8 Å². The molecule has 2 aromatic rings. The van der Waals surface area contributed by atoms with E-state index in [1.165, 1.54) is 18.9 Å². The number of nitrogens with zero attached hydrogens (tertiary/aromatic N) is 2. The molecule has 10 nitrogen and oxygen atoms in total. The highest BCUT2D eigenvalue weighted by Crippen LogP contribution is 2.34. The van der Waals surface area contributed by atoms with Crippen LogP contribution in [-0.2, 0) is 9.63 Å². The van der Waals surface area contributed by atoms with Crippen LogP contribution in [0.15, 0.2) is 24.4 Å². The molecule has 1 aromatic carbocycles. The predicted molar refractivity (Wildman–Crippen MR) is 122 cm³/mol. The van der Waals surface area contributed by atoms with Gasteiger partial charge in [-0.05, 0) is 61.9 Å². The molecule has 3 atom stereocenters. The van der Waals surface area contributed by atoms with Gasteiger partial charge in [0.15, 0.2) is 0 Å². The maximum absolute atomic E-state index is 12.0. The molecule has 1 aliphatic rings. The molecule has 3 rings (SSSR count). The van der Waals surface area contributed by atoms with E-state index in [0.717, 1.165) is 35.1 Å². The van der Waals surface area contributed by atoms with Crippen LogP contribution < -0.4 is 10.1 Å². The van der Waals surface area contributed by atoms with Gasteiger partial charge in [-0.3, -0.25) is 9.10 Å². The Hall–Kier alpha value is -2.50. The molecule has 1 heterocycles. The van der Waals surface area contributed by atoms with E-state index in [4.69, 9.17) is 9.57 Å². The van der Waals surface area contributed by atoms with E-state index in [1.807, 2.05) is 31.3 Å². The molecule has 0 bridgehead atoms. The number of aryl methyl sites for hydroxylation is 1. The molecule has 1 aromatic heterocycles. The number of H-pyrrole nitrogens is 1. The Labute approximate surface area is 190 Å². The lowest BCUT2D eigenvalue weighted by Crippen LogP contribution is -2.38. The molecule has 3 N–H and O–H groups in total. The van der Waals surface area contributed by atoms with Crippen LogP contribution in [0.4, 0.5) is 0 Å². The number of carbonyl (C=O) groups is 1. The predicted octanol–water partition coefficient (Wildman–Crippen LogP) is 2.43. The number of hydrogen-bond acceptors (Lipinski definition) is 8. The number of nitrogens with one attached hydrogen (secondary N) is 2. The summed E-state index contributed by atoms with van der Waals surface area (Å²) in [6.07, 6.45) is 2.87. The Bertz CT molecular complexity index is 923. The zero-order valence-electron chi connectivity index (χ0n) is 18.3. The average Bonchev–Trinajstić information content (AvgIpc) is 3.37. The van der Waals surface area contributed by atoms with Crippen LogP contribution in [-0.4, -0.2) is 69.1 Å². The average molecular weight is 467 g/mol. The molecule has 32 heavy (non-hydrogen) atoms. The fourth-order valence-electron chi connectivity index (χ4n) is 3.78. The lowest BCUT2D eigenvalue weighted by atomic mass is 10.1. The normalized spacial score (nSPS) is 19.1. The van der Waals surface area contributed by atoms with E-state index in [0.29, 0.717) is 26.1 Å². The summed E-state index contributed by atoms with van der Waals surface area (Å²) in [5, 5.41) is 24.1. The van der Waals surface area contributed by atoms with Crippen LogP contribution in [0.3, 0.4) is 0 Å². The van der Waals surface area contributed by atoms with Crippen LogP contribution in [0.1, 0.15) is 31.7 Å². The Morgan fingerprint density at radius 1 is 1.47 bits per heavy atom. The van der Waals surface area contributed by atoms with Gasteiger partial charge in [-0.25, -0.2) is 0 Å². The lowest BCUT2D eigenvalue weighted by Gasteiger charge is -2.26. The summed E-state index contributed by atoms with van der Waals surface area (Å²) in [5.74, 6) is 0.602. The van der Waals surface area contributed by atoms with Gasteiger partial charge >= 0.3 is 0 Å². The Morgan fingerprint density at radius 3 is 3.03 bits per heavy atom. The third-order valence-corrected chi connectivity index (χ3v) is 6.81. The lowest BCUT2D eigenvalue weighted by molar-refractivity contribution is -0.767. The van der Waals surface area contributed by atoms with E-state index >= 15 is 0 Å². The van der Waals surface area contributed by atoms with Crippen molar-refractivity contribution in [2.75, 3.05) is 26.2 Å². The number of benzene rings is 1. The number of rotatable bonds is 12. The molecule has 176 valence electrons. The topological polar surface area (TPSA) is 130 Å². The molecule has 3 unspecified atom stereocenters. The quantitative estimate of drug-likeness (QED) is 0.188. The molecular formula is C21H30N4O6S. The van der Waals surface area contributed by atoms with Crippen LogP contribution in [0.2, 0.25) is 0 Å². The second kappa shape index (κ2) is 11.4. The fourth-order valence-corrected chi connectivity index (χ4v) is 5.04. The third kappa shape index (κ3) is 6.75. The highest BCUT2D eigenvalue weighted by Gasteiger charge is 2.33. The van der Waals surface area contributed by atoms with E-state index in [9.17, 15) is 20.0 Å². The minimum atomic E-state index is -0.759. The van der Waals surface area contributed by atoms with E-state index < -0.39 is 17.3 Å². The maximum Gasteiger partial charge on any atom is 0.294 e. The molecular weight excluding hydrogens is 436 g/mol. The van der Waals surface area contributed by atoms with E-state index in [1.54, 1.807) is 4.31 Å². The summed E-state index contributed by atoms with van der Waals surface area (Å²) in [6, 6.07) is 5.92. The van der Waals surface area contributed by atoms with E-state index in [2.05, 4.69) is 10.3 Å². The van der Waals surface area contributed by atoms with Gasteiger partial charge in [0.05, 0.1) is 5.25 Å². The molecule has 0 aliphatic heterocycles. The van der Waals surface area contributed by atoms with Crippen molar-refractivity contribution >= 4 is 28.8 Å². The Morgan fingerprint density at radius 2 is 2.28 bits per heavy atom. The molecule has 0 spiro atoms. The first-order valence-corrected chi connectivity index (χ1v) is 11.5. The number of hydrogen-bond donors (Lipinski definition) is 3. The Balaban J connectivity index is 1.40. The van der Waals surface area contributed by atoms with Gasteiger partial charge in [-0.2, -0.15) is 0 Å². The monoisotopic (exact) mass is 466 g/mol. The third-order valence-electron chi connectivity index (χ3n) is 5.31. The summed E-state index contributed by atoms with van der Waals surface area (Å²) in [5.41, 5.74) is 2.06. The van der Waals surface area contributed by atoms with Crippen LogP contribution >= 0.6 is 11.9 Å². The summed E-state index contributed by atoms with van der Waals surface area (Å²) >= 11 is 1.30. The number of aliphatic hydroxyl groups excluding tert-OH is 1. The van der Waals surface area contributed by atoms with Gasteiger partial charge in [-0.1, -0.05) is 0 Å². The van der Waals surface area contributed by atoms with Crippen molar-refractivity contribution in [1.29, 1.82) is 0 Å². The van der Waals surface area contributed by atoms with Crippen molar-refractivity contribution < 1.29 is 24.6 Å². The summed E-state index contributed by atoms with van der Waals surface area (Å²) < 4.78 is 7.42. The molecule has 1 aliphatic carbocycles. The zero-order valence-corrected chi connectivity index (χ0v) is 19.1. The molecule has 0 radical (unpaired) electrons. The number of ether oxygens (including phenoxy) is 1. The van der Waals surface area contributed by atoms with Crippen LogP contribution in [0.25, 0.3) is 10.9 Å². The van der Waals surface area contributed by atoms with Gasteiger partial charge in [0.2, 0.25) is 5.91 Å². The van der Waals surface area contributed by atoms with Gasteiger partial charge in [0, 0.05) is 43.7 Å². The molecule has 0 saturated heterocycles. The van der Waals surface area contributed by atoms with Crippen LogP contribution in [0.5, 0.6) is 5.75 Å². The van der Waals surface area contributed by atoms with Crippen molar-refractivity contribution in [3.05, 3.63) is 40.1 Å². The summed E-state index contributed by atoms with van der Waals surface area (Å²) in [7, 11) is 0. The van der Waals surface area contributed by atoms with Crippen molar-refractivity contribution in [2.24, 2.45) is 0 Å². The number of amides is 1. The molecule has 1 amide bonds. The van der Waals surface area contributed by atoms with Crippen molar-refractivity contribution in [3.63, 3.8) is 0 Å². The zero-order chi connectivity index (χ0) is 23.1. The maximum atomic E-state index is 12.0. The minimum Gasteiger partial charge on any atom is -0.490 e. The second-order valence-corrected chi connectivity index (χ2v) is 9.19. The van der Waals surface area contributed by atoms with Crippen molar-refractivity contribution in [1.82, 2.24) is 14.6 Å². The first kappa shape index (κ1) is 24.1. The summed E-state index contributed by atoms with van der Waals surface area (Å²) in [6.45, 7) is 4.80. The minimum absolute atomic E-state index is 0.122. The fraction of sp³-hybridized carbons (Fsp3) is 0.571.